The van der Waals surface area contributed by atoms with Crippen molar-refractivity contribution in [3.63, 3.8) is 0 Å². The molecule has 0 amide bonds. The van der Waals surface area contributed by atoms with Gasteiger partial charge in [-0.2, -0.15) is 0 Å². The third-order valence-electron chi connectivity index (χ3n) is 6.14. The minimum atomic E-state index is 0.300. The largest absolute Gasteiger partial charge is 0.328 e. The van der Waals surface area contributed by atoms with Crippen molar-refractivity contribution in [3.8, 4) is 0 Å². The maximum absolute atomic E-state index is 6.18. The summed E-state index contributed by atoms with van der Waals surface area (Å²) in [5.74, 6) is 2.60. The van der Waals surface area contributed by atoms with Crippen LogP contribution in [0.2, 0.25) is 5.02 Å². The Kier molecular flexibility index (Phi) is 5.14. The second-order valence-corrected chi connectivity index (χ2v) is 8.92. The van der Waals surface area contributed by atoms with Crippen molar-refractivity contribution in [1.82, 2.24) is 19.5 Å². The first-order valence-electron chi connectivity index (χ1n) is 10.7. The van der Waals surface area contributed by atoms with Gasteiger partial charge in [0, 0.05) is 29.2 Å². The van der Waals surface area contributed by atoms with Gasteiger partial charge < -0.3 is 11.1 Å². The van der Waals surface area contributed by atoms with E-state index < -0.39 is 0 Å². The van der Waals surface area contributed by atoms with Crippen LogP contribution in [0.5, 0.6) is 0 Å². The molecule has 0 atom stereocenters. The molecule has 0 radical (unpaired) electrons. The van der Waals surface area contributed by atoms with E-state index in [1.54, 1.807) is 0 Å². The second-order valence-electron chi connectivity index (χ2n) is 8.49. The van der Waals surface area contributed by atoms with Crippen molar-refractivity contribution in [3.05, 3.63) is 41.3 Å². The van der Waals surface area contributed by atoms with Crippen LogP contribution >= 0.6 is 11.6 Å². The van der Waals surface area contributed by atoms with Gasteiger partial charge in [-0.05, 0) is 56.2 Å². The molecule has 2 aromatic heterocycles. The molecule has 29 heavy (non-hydrogen) atoms. The molecule has 0 unspecified atom stereocenters. The Bertz CT molecular complexity index is 1000. The van der Waals surface area contributed by atoms with Gasteiger partial charge in [-0.15, -0.1) is 0 Å². The van der Waals surface area contributed by atoms with Crippen LogP contribution in [0.4, 0.5) is 11.6 Å². The number of fused-ring (bicyclic) bond motifs is 1. The number of hydrogen-bond acceptors (Lipinski definition) is 5. The zero-order valence-corrected chi connectivity index (χ0v) is 17.3. The fourth-order valence-corrected chi connectivity index (χ4v) is 4.47. The number of halogens is 1. The molecule has 2 fully saturated rings. The van der Waals surface area contributed by atoms with Gasteiger partial charge in [0.15, 0.2) is 5.65 Å². The molecule has 3 N–H and O–H groups in total. The van der Waals surface area contributed by atoms with E-state index in [2.05, 4.69) is 14.9 Å². The molecule has 0 saturated heterocycles. The topological polar surface area (TPSA) is 81.6 Å². The highest BCUT2D eigenvalue weighted by Gasteiger charge is 2.26. The molecular weight excluding hydrogens is 384 g/mol. The summed E-state index contributed by atoms with van der Waals surface area (Å²) in [6.45, 7) is 0. The Morgan fingerprint density at radius 2 is 1.93 bits per heavy atom. The fourth-order valence-electron chi connectivity index (χ4n) is 4.28. The number of rotatable bonds is 6. The predicted octanol–water partition coefficient (Wildman–Crippen LogP) is 5.01. The summed E-state index contributed by atoms with van der Waals surface area (Å²) in [5, 5.41) is 4.16. The average molecular weight is 411 g/mol. The van der Waals surface area contributed by atoms with Gasteiger partial charge in [0.1, 0.15) is 11.3 Å². The number of imidazole rings is 1. The lowest BCUT2D eigenvalue weighted by atomic mass is 9.91. The second kappa shape index (κ2) is 7.92. The molecule has 0 aliphatic heterocycles. The van der Waals surface area contributed by atoms with Gasteiger partial charge in [-0.25, -0.2) is 15.0 Å². The molecule has 5 rings (SSSR count). The van der Waals surface area contributed by atoms with Crippen LogP contribution < -0.4 is 11.1 Å². The molecule has 2 heterocycles. The zero-order valence-electron chi connectivity index (χ0n) is 16.5. The number of aromatic nitrogens is 4. The van der Waals surface area contributed by atoms with Crippen molar-refractivity contribution >= 4 is 34.4 Å². The number of nitrogens with one attached hydrogen (secondary N) is 1. The van der Waals surface area contributed by atoms with E-state index in [9.17, 15) is 0 Å². The van der Waals surface area contributed by atoms with Gasteiger partial charge in [0.05, 0.1) is 6.20 Å². The Hall–Kier alpha value is -2.18. The number of nitrogens with two attached hydrogens (primary N) is 1. The Labute approximate surface area is 175 Å². The average Bonchev–Trinajstić information content (AvgIpc) is 3.48. The van der Waals surface area contributed by atoms with Crippen molar-refractivity contribution < 1.29 is 0 Å². The number of anilines is 2. The van der Waals surface area contributed by atoms with Crippen molar-refractivity contribution in [2.75, 3.05) is 5.32 Å². The minimum absolute atomic E-state index is 0.300. The summed E-state index contributed by atoms with van der Waals surface area (Å²) in [4.78, 5) is 14.4. The van der Waals surface area contributed by atoms with Gasteiger partial charge in [0.25, 0.3) is 0 Å². The van der Waals surface area contributed by atoms with E-state index in [4.69, 9.17) is 27.3 Å². The van der Waals surface area contributed by atoms with Crippen LogP contribution in [0, 0.1) is 5.92 Å². The molecule has 152 valence electrons. The SMILES string of the molecule is NC1CCC(n2c(Nc3cccc(Cl)c3)nc3cnc(CCC4CC4)nc32)CC1. The van der Waals surface area contributed by atoms with E-state index in [1.165, 1.54) is 19.3 Å². The fraction of sp³-hybridized carbons (Fsp3) is 0.500. The minimum Gasteiger partial charge on any atom is -0.328 e. The first-order chi connectivity index (χ1) is 14.2. The molecule has 2 aliphatic carbocycles. The van der Waals surface area contributed by atoms with Gasteiger partial charge in [-0.3, -0.25) is 4.57 Å². The molecular formula is C22H27ClN6. The molecule has 2 aliphatic rings. The third kappa shape index (κ3) is 4.23. The van der Waals surface area contributed by atoms with Gasteiger partial charge >= 0.3 is 0 Å². The standard InChI is InChI=1S/C22H27ClN6/c23-15-2-1-3-17(12-15)26-22-27-19-13-25-20(11-6-14-4-5-14)28-21(19)29(22)18-9-7-16(24)8-10-18/h1-3,12-14,16,18H,4-11,24H2,(H,26,27). The van der Waals surface area contributed by atoms with Gasteiger partial charge in [0.2, 0.25) is 5.95 Å². The number of nitrogens with zero attached hydrogens (tertiary/aromatic N) is 4. The number of aryl methyl sites for hydroxylation is 1. The summed E-state index contributed by atoms with van der Waals surface area (Å²) in [7, 11) is 0. The molecule has 3 aromatic rings. The Morgan fingerprint density at radius 1 is 1.10 bits per heavy atom. The zero-order chi connectivity index (χ0) is 19.8. The molecule has 7 heteroatoms. The maximum atomic E-state index is 6.18. The van der Waals surface area contributed by atoms with E-state index in [0.717, 1.165) is 66.6 Å². The quantitative estimate of drug-likeness (QED) is 0.597. The summed E-state index contributed by atoms with van der Waals surface area (Å²) in [5.41, 5.74) is 8.84. The van der Waals surface area contributed by atoms with Crippen LogP contribution in [0.25, 0.3) is 11.2 Å². The lowest BCUT2D eigenvalue weighted by Gasteiger charge is -2.28. The number of benzene rings is 1. The van der Waals surface area contributed by atoms with E-state index >= 15 is 0 Å². The maximum Gasteiger partial charge on any atom is 0.209 e. The van der Waals surface area contributed by atoms with Crippen LogP contribution in [0.15, 0.2) is 30.5 Å². The molecule has 2 saturated carbocycles. The van der Waals surface area contributed by atoms with Crippen LogP contribution in [0.3, 0.4) is 0 Å². The lowest BCUT2D eigenvalue weighted by Crippen LogP contribution is -2.28. The van der Waals surface area contributed by atoms with Gasteiger partial charge in [-0.1, -0.05) is 30.5 Å². The highest BCUT2D eigenvalue weighted by atomic mass is 35.5. The molecule has 1 aromatic carbocycles. The predicted molar refractivity (Wildman–Crippen MR) is 117 cm³/mol. The van der Waals surface area contributed by atoms with Crippen LogP contribution in [-0.4, -0.2) is 25.6 Å². The van der Waals surface area contributed by atoms with Crippen molar-refractivity contribution in [1.29, 1.82) is 0 Å². The van der Waals surface area contributed by atoms with Crippen molar-refractivity contribution in [2.45, 2.75) is 63.5 Å². The Morgan fingerprint density at radius 3 is 2.69 bits per heavy atom. The monoisotopic (exact) mass is 410 g/mol. The highest BCUT2D eigenvalue weighted by molar-refractivity contribution is 6.30. The molecule has 0 bridgehead atoms. The van der Waals surface area contributed by atoms with E-state index in [0.29, 0.717) is 17.1 Å². The normalized spacial score (nSPS) is 22.1. The van der Waals surface area contributed by atoms with E-state index in [1.807, 2.05) is 30.5 Å². The third-order valence-corrected chi connectivity index (χ3v) is 6.38. The first kappa shape index (κ1) is 18.8. The van der Waals surface area contributed by atoms with Crippen LogP contribution in [0.1, 0.15) is 56.8 Å². The number of hydrogen-bond donors (Lipinski definition) is 2. The summed E-state index contributed by atoms with van der Waals surface area (Å²) in [6.07, 6.45) is 10.9. The highest BCUT2D eigenvalue weighted by Crippen LogP contribution is 2.35. The van der Waals surface area contributed by atoms with Crippen LogP contribution in [-0.2, 0) is 6.42 Å². The molecule has 6 nitrogen and oxygen atoms in total. The summed E-state index contributed by atoms with van der Waals surface area (Å²) in [6, 6.07) is 8.36. The molecule has 0 spiro atoms. The first-order valence-corrected chi connectivity index (χ1v) is 11.1. The summed E-state index contributed by atoms with van der Waals surface area (Å²) >= 11 is 6.18. The summed E-state index contributed by atoms with van der Waals surface area (Å²) < 4.78 is 2.27. The smallest absolute Gasteiger partial charge is 0.209 e. The lowest BCUT2D eigenvalue weighted by molar-refractivity contribution is 0.330. The van der Waals surface area contributed by atoms with E-state index in [-0.39, 0.29) is 0 Å². The van der Waals surface area contributed by atoms with Crippen molar-refractivity contribution in [2.24, 2.45) is 11.7 Å². The Balaban J connectivity index is 1.51.